The zero-order valence-electron chi connectivity index (χ0n) is 11.9. The van der Waals surface area contributed by atoms with E-state index in [9.17, 15) is 0 Å². The third-order valence-electron chi connectivity index (χ3n) is 3.95. The third-order valence-corrected chi connectivity index (χ3v) is 3.95. The summed E-state index contributed by atoms with van der Waals surface area (Å²) in [6.07, 6.45) is 3.05. The fraction of sp³-hybridized carbons (Fsp3) is 0.667. The first kappa shape index (κ1) is 13.8. The number of nitrogens with one attached hydrogen (secondary N) is 1. The van der Waals surface area contributed by atoms with Gasteiger partial charge in [-0.2, -0.15) is 0 Å². The van der Waals surface area contributed by atoms with E-state index in [0.717, 1.165) is 58.4 Å². The van der Waals surface area contributed by atoms with Crippen LogP contribution >= 0.6 is 0 Å². The van der Waals surface area contributed by atoms with Crippen molar-refractivity contribution in [2.24, 2.45) is 5.92 Å². The van der Waals surface area contributed by atoms with E-state index in [4.69, 9.17) is 9.47 Å². The van der Waals surface area contributed by atoms with Crippen LogP contribution < -0.4 is 10.2 Å². The molecule has 20 heavy (non-hydrogen) atoms. The van der Waals surface area contributed by atoms with E-state index in [1.54, 1.807) is 0 Å². The van der Waals surface area contributed by atoms with Gasteiger partial charge in [0, 0.05) is 44.5 Å². The number of hydrogen-bond donors (Lipinski definition) is 1. The average molecular weight is 277 g/mol. The number of anilines is 1. The van der Waals surface area contributed by atoms with E-state index in [0.29, 0.717) is 5.92 Å². The lowest BCUT2D eigenvalue weighted by molar-refractivity contribution is 0.122. The molecular formula is C15H23N3O2. The van der Waals surface area contributed by atoms with Crippen molar-refractivity contribution in [3.8, 4) is 0 Å². The van der Waals surface area contributed by atoms with Gasteiger partial charge in [-0.15, -0.1) is 0 Å². The predicted molar refractivity (Wildman–Crippen MR) is 77.9 cm³/mol. The molecule has 1 aromatic rings. The maximum atomic E-state index is 5.41. The van der Waals surface area contributed by atoms with Crippen molar-refractivity contribution in [2.75, 3.05) is 51.0 Å². The van der Waals surface area contributed by atoms with Crippen LogP contribution in [0.1, 0.15) is 12.0 Å². The van der Waals surface area contributed by atoms with Crippen LogP contribution in [0.5, 0.6) is 0 Å². The summed E-state index contributed by atoms with van der Waals surface area (Å²) < 4.78 is 10.8. The normalized spacial score (nSPS) is 23.2. The van der Waals surface area contributed by atoms with Crippen LogP contribution in [0.2, 0.25) is 0 Å². The van der Waals surface area contributed by atoms with Crippen molar-refractivity contribution in [3.05, 3.63) is 23.9 Å². The second-order valence-electron chi connectivity index (χ2n) is 5.45. The Hall–Kier alpha value is -1.17. The van der Waals surface area contributed by atoms with Gasteiger partial charge >= 0.3 is 0 Å². The van der Waals surface area contributed by atoms with Crippen LogP contribution in [0.25, 0.3) is 0 Å². The summed E-state index contributed by atoms with van der Waals surface area (Å²) in [6.45, 7) is 7.16. The fourth-order valence-corrected chi connectivity index (χ4v) is 2.78. The van der Waals surface area contributed by atoms with Crippen molar-refractivity contribution in [2.45, 2.75) is 13.0 Å². The minimum Gasteiger partial charge on any atom is -0.381 e. The molecule has 3 heterocycles. The summed E-state index contributed by atoms with van der Waals surface area (Å²) in [5.74, 6) is 1.77. The van der Waals surface area contributed by atoms with Crippen molar-refractivity contribution in [3.63, 3.8) is 0 Å². The molecule has 0 amide bonds. The molecule has 2 fully saturated rings. The van der Waals surface area contributed by atoms with E-state index in [1.165, 1.54) is 12.0 Å². The molecule has 5 heteroatoms. The number of pyridine rings is 1. The van der Waals surface area contributed by atoms with Crippen LogP contribution in [-0.2, 0) is 16.0 Å². The largest absolute Gasteiger partial charge is 0.381 e. The molecule has 0 spiro atoms. The number of nitrogens with zero attached hydrogens (tertiary/aromatic N) is 2. The lowest BCUT2D eigenvalue weighted by Crippen LogP contribution is -2.37. The SMILES string of the molecule is c1cnc(N2CCOCC2)c(CNCC2CCOC2)c1. The van der Waals surface area contributed by atoms with Gasteiger partial charge in [0.25, 0.3) is 0 Å². The third kappa shape index (κ3) is 3.48. The Morgan fingerprint density at radius 3 is 2.95 bits per heavy atom. The van der Waals surface area contributed by atoms with Crippen molar-refractivity contribution >= 4 is 5.82 Å². The zero-order valence-corrected chi connectivity index (χ0v) is 11.9. The molecule has 2 aliphatic rings. The molecule has 1 N–H and O–H groups in total. The number of rotatable bonds is 5. The molecule has 0 bridgehead atoms. The molecule has 5 nitrogen and oxygen atoms in total. The van der Waals surface area contributed by atoms with Gasteiger partial charge in [0.15, 0.2) is 0 Å². The monoisotopic (exact) mass is 277 g/mol. The molecule has 2 aliphatic heterocycles. The quantitative estimate of drug-likeness (QED) is 0.871. The van der Waals surface area contributed by atoms with Crippen LogP contribution in [0, 0.1) is 5.92 Å². The van der Waals surface area contributed by atoms with Gasteiger partial charge in [-0.3, -0.25) is 0 Å². The summed E-state index contributed by atoms with van der Waals surface area (Å²) in [5.41, 5.74) is 1.27. The number of ether oxygens (including phenoxy) is 2. The summed E-state index contributed by atoms with van der Waals surface area (Å²) in [6, 6.07) is 4.18. The van der Waals surface area contributed by atoms with Gasteiger partial charge in [0.05, 0.1) is 19.8 Å². The fourth-order valence-electron chi connectivity index (χ4n) is 2.78. The number of morpholine rings is 1. The molecule has 3 rings (SSSR count). The van der Waals surface area contributed by atoms with E-state index in [-0.39, 0.29) is 0 Å². The van der Waals surface area contributed by atoms with Crippen molar-refractivity contribution < 1.29 is 9.47 Å². The van der Waals surface area contributed by atoms with E-state index in [2.05, 4.69) is 21.3 Å². The van der Waals surface area contributed by atoms with E-state index in [1.807, 2.05) is 12.3 Å². The molecular weight excluding hydrogens is 254 g/mol. The van der Waals surface area contributed by atoms with Gasteiger partial charge in [-0.25, -0.2) is 4.98 Å². The molecule has 0 aliphatic carbocycles. The summed E-state index contributed by atoms with van der Waals surface area (Å²) in [7, 11) is 0. The highest BCUT2D eigenvalue weighted by atomic mass is 16.5. The maximum Gasteiger partial charge on any atom is 0.133 e. The highest BCUT2D eigenvalue weighted by Crippen LogP contribution is 2.18. The van der Waals surface area contributed by atoms with Gasteiger partial charge in [-0.1, -0.05) is 6.07 Å². The first-order chi connectivity index (χ1) is 9.93. The summed E-state index contributed by atoms with van der Waals surface area (Å²) >= 11 is 0. The van der Waals surface area contributed by atoms with Gasteiger partial charge in [-0.05, 0) is 18.4 Å². The minimum absolute atomic E-state index is 0.665. The van der Waals surface area contributed by atoms with Crippen LogP contribution in [0.3, 0.4) is 0 Å². The van der Waals surface area contributed by atoms with Crippen LogP contribution in [0.4, 0.5) is 5.82 Å². The maximum absolute atomic E-state index is 5.41. The molecule has 1 unspecified atom stereocenters. The van der Waals surface area contributed by atoms with E-state index >= 15 is 0 Å². The first-order valence-corrected chi connectivity index (χ1v) is 7.48. The summed E-state index contributed by atoms with van der Waals surface area (Å²) in [5, 5.41) is 3.55. The summed E-state index contributed by atoms with van der Waals surface area (Å²) in [4.78, 5) is 6.88. The topological polar surface area (TPSA) is 46.6 Å². The molecule has 2 saturated heterocycles. The Morgan fingerprint density at radius 1 is 1.25 bits per heavy atom. The predicted octanol–water partition coefficient (Wildman–Crippen LogP) is 1.04. The average Bonchev–Trinajstić information content (AvgIpc) is 3.02. The van der Waals surface area contributed by atoms with Gasteiger partial charge < -0.3 is 19.7 Å². The Morgan fingerprint density at radius 2 is 2.15 bits per heavy atom. The zero-order chi connectivity index (χ0) is 13.6. The molecule has 0 saturated carbocycles. The first-order valence-electron chi connectivity index (χ1n) is 7.48. The van der Waals surface area contributed by atoms with Crippen LogP contribution in [0.15, 0.2) is 18.3 Å². The standard InChI is InChI=1S/C15H23N3O2/c1-2-14(11-16-10-13-3-7-20-12-13)15(17-4-1)18-5-8-19-9-6-18/h1-2,4,13,16H,3,5-12H2. The molecule has 1 aromatic heterocycles. The highest BCUT2D eigenvalue weighted by Gasteiger charge is 2.17. The number of hydrogen-bond acceptors (Lipinski definition) is 5. The van der Waals surface area contributed by atoms with E-state index < -0.39 is 0 Å². The number of aromatic nitrogens is 1. The second kappa shape index (κ2) is 7.02. The molecule has 1 atom stereocenters. The molecule has 0 aromatic carbocycles. The Labute approximate surface area is 120 Å². The molecule has 0 radical (unpaired) electrons. The van der Waals surface area contributed by atoms with Gasteiger partial charge in [0.1, 0.15) is 5.82 Å². The Bertz CT molecular complexity index is 415. The van der Waals surface area contributed by atoms with Crippen molar-refractivity contribution in [1.82, 2.24) is 10.3 Å². The highest BCUT2D eigenvalue weighted by molar-refractivity contribution is 5.46. The Kier molecular flexibility index (Phi) is 4.84. The van der Waals surface area contributed by atoms with Crippen LogP contribution in [-0.4, -0.2) is 51.0 Å². The molecule has 110 valence electrons. The lowest BCUT2D eigenvalue weighted by Gasteiger charge is -2.29. The van der Waals surface area contributed by atoms with Gasteiger partial charge in [0.2, 0.25) is 0 Å². The minimum atomic E-state index is 0.665. The Balaban J connectivity index is 1.57. The smallest absolute Gasteiger partial charge is 0.133 e. The lowest BCUT2D eigenvalue weighted by atomic mass is 10.1. The van der Waals surface area contributed by atoms with Crippen molar-refractivity contribution in [1.29, 1.82) is 0 Å². The second-order valence-corrected chi connectivity index (χ2v) is 5.45.